The summed E-state index contributed by atoms with van der Waals surface area (Å²) in [6.07, 6.45) is 1.91. The van der Waals surface area contributed by atoms with Gasteiger partial charge in [0, 0.05) is 31.7 Å². The zero-order valence-electron chi connectivity index (χ0n) is 23.9. The number of carbonyl (C=O) groups is 2. The second-order valence-corrected chi connectivity index (χ2v) is 9.97. The van der Waals surface area contributed by atoms with Crippen LogP contribution >= 0.6 is 0 Å². The van der Waals surface area contributed by atoms with Gasteiger partial charge in [0.2, 0.25) is 0 Å². The van der Waals surface area contributed by atoms with E-state index in [-0.39, 0.29) is 11.3 Å². The number of amides is 1. The number of carbonyl (C=O) groups excluding carboxylic acids is 2. The lowest BCUT2D eigenvalue weighted by Crippen LogP contribution is -2.42. The molecule has 0 bridgehead atoms. The molecule has 2 saturated heterocycles. The number of hydrogen-bond acceptors (Lipinski definition) is 8. The second-order valence-electron chi connectivity index (χ2n) is 9.97. The Labute approximate surface area is 236 Å². The Kier molecular flexibility index (Phi) is 10.1. The Bertz CT molecular complexity index is 1240. The molecule has 40 heavy (non-hydrogen) atoms. The van der Waals surface area contributed by atoms with E-state index in [9.17, 15) is 14.7 Å². The summed E-state index contributed by atoms with van der Waals surface area (Å²) in [5.41, 5.74) is 1.93. The summed E-state index contributed by atoms with van der Waals surface area (Å²) in [6, 6.07) is 9.92. The summed E-state index contributed by atoms with van der Waals surface area (Å²) in [5, 5.41) is 11.6. The Morgan fingerprint density at radius 1 is 1.02 bits per heavy atom. The largest absolute Gasteiger partial charge is 0.507 e. The number of nitrogens with zero attached hydrogens (tertiary/aromatic N) is 2. The standard InChI is InChI=1S/C31H40N2O7/c1-5-7-16-40-25-11-8-22(20-26(25)37-4)28-27(29(34)24-10-9-23(39-6-2)19-21(24)3)30(35)31(36)33(28)13-12-32-14-17-38-18-15-32/h8-11,19-20,28,34H,5-7,12-18H2,1-4H3. The fraction of sp³-hybridized carbons (Fsp3) is 0.484. The van der Waals surface area contributed by atoms with E-state index in [1.165, 1.54) is 0 Å². The van der Waals surface area contributed by atoms with Gasteiger partial charge >= 0.3 is 0 Å². The highest BCUT2D eigenvalue weighted by atomic mass is 16.5. The van der Waals surface area contributed by atoms with Gasteiger partial charge in [0.25, 0.3) is 11.7 Å². The van der Waals surface area contributed by atoms with Crippen LogP contribution in [-0.4, -0.2) is 86.3 Å². The number of hydrogen-bond donors (Lipinski definition) is 1. The topological polar surface area (TPSA) is 97.8 Å². The number of Topliss-reactive ketones (excluding diaryl/α,β-unsaturated/α-hetero) is 1. The zero-order valence-corrected chi connectivity index (χ0v) is 23.9. The van der Waals surface area contributed by atoms with Crippen molar-refractivity contribution in [2.24, 2.45) is 0 Å². The lowest BCUT2D eigenvalue weighted by atomic mass is 9.93. The zero-order chi connectivity index (χ0) is 28.6. The van der Waals surface area contributed by atoms with Crippen molar-refractivity contribution in [3.8, 4) is 17.2 Å². The smallest absolute Gasteiger partial charge is 0.295 e. The second kappa shape index (κ2) is 13.7. The van der Waals surface area contributed by atoms with Gasteiger partial charge in [-0.1, -0.05) is 19.4 Å². The Morgan fingerprint density at radius 2 is 1.80 bits per heavy atom. The van der Waals surface area contributed by atoms with Crippen LogP contribution in [0.1, 0.15) is 49.4 Å². The molecule has 0 aliphatic carbocycles. The number of aryl methyl sites for hydroxylation is 1. The number of rotatable bonds is 12. The van der Waals surface area contributed by atoms with E-state index in [2.05, 4.69) is 11.8 Å². The average molecular weight is 553 g/mol. The first-order valence-electron chi connectivity index (χ1n) is 14.0. The molecule has 9 nitrogen and oxygen atoms in total. The molecule has 4 rings (SSSR count). The highest BCUT2D eigenvalue weighted by Crippen LogP contribution is 2.42. The molecule has 2 aromatic rings. The first-order valence-corrected chi connectivity index (χ1v) is 14.0. The molecule has 0 spiro atoms. The number of benzene rings is 2. The SMILES string of the molecule is CCCCOc1ccc(C2C(=C(O)c3ccc(OCC)cc3C)C(=O)C(=O)N2CCN2CCOCC2)cc1OC. The van der Waals surface area contributed by atoms with Crippen LogP contribution in [0.25, 0.3) is 5.76 Å². The number of ether oxygens (including phenoxy) is 4. The summed E-state index contributed by atoms with van der Waals surface area (Å²) < 4.78 is 22.6. The van der Waals surface area contributed by atoms with Gasteiger partial charge < -0.3 is 29.0 Å². The van der Waals surface area contributed by atoms with Crippen molar-refractivity contribution in [2.75, 3.05) is 59.7 Å². The van der Waals surface area contributed by atoms with Gasteiger partial charge in [0.05, 0.1) is 45.2 Å². The van der Waals surface area contributed by atoms with Gasteiger partial charge in [0.15, 0.2) is 11.5 Å². The fourth-order valence-corrected chi connectivity index (χ4v) is 5.13. The molecule has 2 aliphatic heterocycles. The lowest BCUT2D eigenvalue weighted by molar-refractivity contribution is -0.140. The maximum atomic E-state index is 13.5. The lowest BCUT2D eigenvalue weighted by Gasteiger charge is -2.31. The fourth-order valence-electron chi connectivity index (χ4n) is 5.13. The Hall–Kier alpha value is -3.56. The summed E-state index contributed by atoms with van der Waals surface area (Å²) in [5.74, 6) is 0.213. The molecule has 2 aliphatic rings. The highest BCUT2D eigenvalue weighted by molar-refractivity contribution is 6.46. The molecule has 1 atom stereocenters. The van der Waals surface area contributed by atoms with Gasteiger partial charge in [-0.2, -0.15) is 0 Å². The predicted molar refractivity (Wildman–Crippen MR) is 152 cm³/mol. The maximum absolute atomic E-state index is 13.5. The summed E-state index contributed by atoms with van der Waals surface area (Å²) in [4.78, 5) is 30.7. The van der Waals surface area contributed by atoms with Crippen molar-refractivity contribution in [3.05, 3.63) is 58.7 Å². The molecule has 1 N–H and O–H groups in total. The quantitative estimate of drug-likeness (QED) is 0.180. The molecule has 0 saturated carbocycles. The van der Waals surface area contributed by atoms with Crippen molar-refractivity contribution in [3.63, 3.8) is 0 Å². The van der Waals surface area contributed by atoms with E-state index in [4.69, 9.17) is 18.9 Å². The van der Waals surface area contributed by atoms with E-state index >= 15 is 0 Å². The highest BCUT2D eigenvalue weighted by Gasteiger charge is 2.46. The van der Waals surface area contributed by atoms with Crippen molar-refractivity contribution < 1.29 is 33.6 Å². The normalized spacial score (nSPS) is 19.2. The van der Waals surface area contributed by atoms with Gasteiger partial charge in [-0.3, -0.25) is 14.5 Å². The molecule has 9 heteroatoms. The third-order valence-corrected chi connectivity index (χ3v) is 7.32. The van der Waals surface area contributed by atoms with Crippen molar-refractivity contribution in [1.29, 1.82) is 0 Å². The van der Waals surface area contributed by atoms with Crippen molar-refractivity contribution >= 4 is 17.4 Å². The minimum absolute atomic E-state index is 0.0564. The minimum Gasteiger partial charge on any atom is -0.507 e. The Morgan fingerprint density at radius 3 is 2.48 bits per heavy atom. The van der Waals surface area contributed by atoms with Crippen LogP contribution in [0.15, 0.2) is 42.0 Å². The number of methoxy groups -OCH3 is 1. The molecule has 1 amide bonds. The summed E-state index contributed by atoms with van der Waals surface area (Å²) in [7, 11) is 1.56. The number of morpholine rings is 1. The molecule has 0 radical (unpaired) electrons. The van der Waals surface area contributed by atoms with Crippen molar-refractivity contribution in [1.82, 2.24) is 9.80 Å². The van der Waals surface area contributed by atoms with E-state index in [0.29, 0.717) is 67.9 Å². The Balaban J connectivity index is 1.76. The summed E-state index contributed by atoms with van der Waals surface area (Å²) >= 11 is 0. The summed E-state index contributed by atoms with van der Waals surface area (Å²) in [6.45, 7) is 10.6. The predicted octanol–water partition coefficient (Wildman–Crippen LogP) is 4.34. The number of unbranched alkanes of at least 4 members (excludes halogenated alkanes) is 1. The average Bonchev–Trinajstić information content (AvgIpc) is 3.22. The van der Waals surface area contributed by atoms with Gasteiger partial charge in [-0.25, -0.2) is 0 Å². The molecular weight excluding hydrogens is 512 g/mol. The third kappa shape index (κ3) is 6.42. The van der Waals surface area contributed by atoms with Crippen molar-refractivity contribution in [2.45, 2.75) is 39.7 Å². The molecule has 2 heterocycles. The molecule has 216 valence electrons. The molecule has 1 unspecified atom stereocenters. The van der Waals surface area contributed by atoms with E-state index in [1.54, 1.807) is 36.3 Å². The van der Waals surface area contributed by atoms with Crippen LogP contribution < -0.4 is 14.2 Å². The van der Waals surface area contributed by atoms with Gasteiger partial charge in [0.1, 0.15) is 11.5 Å². The van der Waals surface area contributed by atoms with Gasteiger partial charge in [-0.15, -0.1) is 0 Å². The van der Waals surface area contributed by atoms with Crippen LogP contribution in [0.4, 0.5) is 0 Å². The minimum atomic E-state index is -0.786. The molecule has 0 aromatic heterocycles. The first-order chi connectivity index (χ1) is 19.4. The number of aliphatic hydroxyl groups is 1. The van der Waals surface area contributed by atoms with Crippen LogP contribution in [-0.2, 0) is 14.3 Å². The molecular formula is C31H40N2O7. The van der Waals surface area contributed by atoms with Crippen LogP contribution in [0, 0.1) is 6.92 Å². The monoisotopic (exact) mass is 552 g/mol. The van der Waals surface area contributed by atoms with E-state index in [0.717, 1.165) is 31.5 Å². The third-order valence-electron chi connectivity index (χ3n) is 7.32. The molecule has 2 fully saturated rings. The van der Waals surface area contributed by atoms with Crippen LogP contribution in [0.3, 0.4) is 0 Å². The van der Waals surface area contributed by atoms with E-state index < -0.39 is 17.7 Å². The van der Waals surface area contributed by atoms with Crippen LogP contribution in [0.5, 0.6) is 17.2 Å². The first kappa shape index (κ1) is 29.4. The number of ketones is 1. The van der Waals surface area contributed by atoms with E-state index in [1.807, 2.05) is 26.0 Å². The van der Waals surface area contributed by atoms with Gasteiger partial charge in [-0.05, 0) is 61.7 Å². The molecule has 2 aromatic carbocycles. The number of aliphatic hydroxyl groups excluding tert-OH is 1. The number of likely N-dealkylation sites (tertiary alicyclic amines) is 1. The maximum Gasteiger partial charge on any atom is 0.295 e. The van der Waals surface area contributed by atoms with Crippen LogP contribution in [0.2, 0.25) is 0 Å².